The second kappa shape index (κ2) is 25.1. The van der Waals surface area contributed by atoms with E-state index < -0.39 is 229 Å². The smallest absolute Gasteiger partial charge is 0.217 e. The van der Waals surface area contributed by atoms with Gasteiger partial charge in [0.15, 0.2) is 37.7 Å². The summed E-state index contributed by atoms with van der Waals surface area (Å²) in [7, 11) is 0. The van der Waals surface area contributed by atoms with Crippen LogP contribution < -0.4 is 10.6 Å². The lowest BCUT2D eigenvalue weighted by molar-refractivity contribution is -0.404. The van der Waals surface area contributed by atoms with Gasteiger partial charge in [0.2, 0.25) is 11.8 Å². The van der Waals surface area contributed by atoms with E-state index >= 15 is 0 Å². The van der Waals surface area contributed by atoms with Crippen molar-refractivity contribution >= 4 is 11.8 Å². The molecule has 0 saturated carbocycles. The first kappa shape index (κ1) is 58.1. The lowest BCUT2D eigenvalue weighted by Crippen LogP contribution is -2.71. The van der Waals surface area contributed by atoms with Crippen molar-refractivity contribution in [2.75, 3.05) is 39.6 Å². The minimum absolute atomic E-state index is 0.678. The molecular formula is C39H66N2O30. The van der Waals surface area contributed by atoms with Crippen LogP contribution in [0.4, 0.5) is 0 Å². The highest BCUT2D eigenvalue weighted by Crippen LogP contribution is 2.37. The fourth-order valence-electron chi connectivity index (χ4n) is 8.91. The van der Waals surface area contributed by atoms with E-state index in [1.54, 1.807) is 0 Å². The molecule has 6 rings (SSSR count). The first-order valence-corrected chi connectivity index (χ1v) is 22.5. The Balaban J connectivity index is 1.37. The Kier molecular flexibility index (Phi) is 20.5. The molecule has 0 bridgehead atoms. The van der Waals surface area contributed by atoms with Gasteiger partial charge in [0.05, 0.1) is 39.6 Å². The van der Waals surface area contributed by atoms with E-state index in [4.69, 9.17) is 52.1 Å². The molecule has 6 saturated heterocycles. The predicted molar refractivity (Wildman–Crippen MR) is 216 cm³/mol. The first-order valence-electron chi connectivity index (χ1n) is 22.5. The van der Waals surface area contributed by atoms with Crippen LogP contribution in [-0.4, -0.2) is 316 Å². The monoisotopic (exact) mass is 1040 g/mol. The average Bonchev–Trinajstić information content (AvgIpc) is 3.33. The van der Waals surface area contributed by atoms with E-state index in [1.807, 2.05) is 0 Å². The van der Waals surface area contributed by atoms with Gasteiger partial charge in [-0.15, -0.1) is 0 Å². The zero-order valence-electron chi connectivity index (χ0n) is 37.9. The van der Waals surface area contributed by atoms with E-state index in [1.165, 1.54) is 0 Å². The Hall–Kier alpha value is -2.18. The van der Waals surface area contributed by atoms with Crippen molar-refractivity contribution in [3.8, 4) is 0 Å². The fraction of sp³-hybridized carbons (Fsp3) is 0.949. The molecule has 32 nitrogen and oxygen atoms in total. The molecular weight excluding hydrogens is 976 g/mol. The number of hydrogen-bond acceptors (Lipinski definition) is 30. The van der Waals surface area contributed by atoms with E-state index in [0.29, 0.717) is 0 Å². The van der Waals surface area contributed by atoms with Crippen LogP contribution in [0.3, 0.4) is 0 Å². The van der Waals surface area contributed by atoms with Gasteiger partial charge in [-0.05, 0) is 0 Å². The van der Waals surface area contributed by atoms with E-state index in [2.05, 4.69) is 10.6 Å². The predicted octanol–water partition coefficient (Wildman–Crippen LogP) is -13.2. The van der Waals surface area contributed by atoms with Crippen LogP contribution >= 0.6 is 0 Å². The van der Waals surface area contributed by atoms with E-state index in [0.717, 1.165) is 13.8 Å². The highest BCUT2D eigenvalue weighted by atomic mass is 16.8. The molecule has 0 aromatic rings. The molecule has 6 heterocycles. The van der Waals surface area contributed by atoms with Gasteiger partial charge in [0, 0.05) is 13.8 Å². The minimum atomic E-state index is -2.20. The quantitative estimate of drug-likeness (QED) is 0.0643. The van der Waals surface area contributed by atoms with Crippen LogP contribution in [-0.2, 0) is 61.7 Å². The molecule has 0 radical (unpaired) electrons. The summed E-state index contributed by atoms with van der Waals surface area (Å²) in [5, 5.41) is 186. The molecule has 0 unspecified atom stereocenters. The topological polar surface area (TPSA) is 504 Å². The van der Waals surface area contributed by atoms with Crippen LogP contribution in [0.2, 0.25) is 0 Å². The Morgan fingerprint density at radius 2 is 0.859 bits per heavy atom. The lowest BCUT2D eigenvalue weighted by Gasteiger charge is -2.51. The molecule has 412 valence electrons. The SMILES string of the molecule is CC(=O)N[C@@H]1[C@@H](O)[C@H](O[C@@H]2O[C@H](CO)[C@@H](O[C@@H]3O[C@H](CO[C@H]4O[C@H](CO)[C@@H](O)[C@H](O)[C@@H]4O)[C@@H](O)[C@H](O[C@H]4O[C@H](CO)[C@@H](O)[C@H](O)[C@@H]4O)[C@@H]3O[C@H]3OC[C@H](O)[C@@H](O)[C@@H]3O)[C@H](O)[C@H]2NC(C)=O)[C@@H](CO)O[C@H]1O. The standard InChI is InChI=1S/C39H66N2O30/c1-9(46)40-17-23(53)30(14(5-44)63-34(17)60)68-35-18(41-10(2)47)24(54)31(15(6-45)66-35)69-39-33(71-37-27(57)19(49)11(48)7-61-37)32(70-38-29(59)26(56)21(51)13(4-43)65-38)22(52)16(67-39)8-62-36-28(58)25(55)20(50)12(3-42)64-36/h11-39,42-45,48-60H,3-8H2,1-2H3,(H,40,46)(H,41,47)/t11-,12+,13+,14+,15+,16+,17+,18+,19+,20+,21+,22+,23+,24+,25-,26-,27-,28-,29-,30+,31+,32-,33-,34+,35-,36-,37+,38+,39-/m0/s1. The average molecular weight is 1040 g/mol. The van der Waals surface area contributed by atoms with Crippen molar-refractivity contribution in [3.63, 3.8) is 0 Å². The van der Waals surface area contributed by atoms with Gasteiger partial charge < -0.3 is 150 Å². The van der Waals surface area contributed by atoms with Gasteiger partial charge in [-0.1, -0.05) is 0 Å². The fourth-order valence-corrected chi connectivity index (χ4v) is 8.91. The van der Waals surface area contributed by atoms with E-state index in [9.17, 15) is 96.4 Å². The zero-order valence-corrected chi connectivity index (χ0v) is 37.9. The number of ether oxygens (including phenoxy) is 11. The third kappa shape index (κ3) is 12.7. The maximum atomic E-state index is 12.7. The number of carbonyl (C=O) groups is 2. The van der Waals surface area contributed by atoms with Crippen LogP contribution in [0.5, 0.6) is 0 Å². The summed E-state index contributed by atoms with van der Waals surface area (Å²) in [5.41, 5.74) is 0. The van der Waals surface area contributed by atoms with Crippen molar-refractivity contribution < 1.29 is 149 Å². The number of nitrogens with one attached hydrogen (secondary N) is 2. The first-order chi connectivity index (χ1) is 33.6. The highest BCUT2D eigenvalue weighted by molar-refractivity contribution is 5.73. The molecule has 0 spiro atoms. The van der Waals surface area contributed by atoms with Crippen molar-refractivity contribution in [2.45, 2.75) is 192 Å². The Bertz CT molecular complexity index is 1690. The maximum Gasteiger partial charge on any atom is 0.217 e. The van der Waals surface area contributed by atoms with Crippen molar-refractivity contribution in [3.05, 3.63) is 0 Å². The Morgan fingerprint density at radius 3 is 1.42 bits per heavy atom. The lowest BCUT2D eigenvalue weighted by atomic mass is 9.93. The number of rotatable bonds is 17. The summed E-state index contributed by atoms with van der Waals surface area (Å²) in [6.45, 7) is -3.36. The number of carbonyl (C=O) groups excluding carboxylic acids is 2. The van der Waals surface area contributed by atoms with Crippen LogP contribution in [0.15, 0.2) is 0 Å². The zero-order chi connectivity index (χ0) is 52.3. The summed E-state index contributed by atoms with van der Waals surface area (Å²) < 4.78 is 63.7. The van der Waals surface area contributed by atoms with Gasteiger partial charge in [-0.2, -0.15) is 0 Å². The Morgan fingerprint density at radius 1 is 0.423 bits per heavy atom. The van der Waals surface area contributed by atoms with Crippen molar-refractivity contribution in [2.24, 2.45) is 0 Å². The van der Waals surface area contributed by atoms with Gasteiger partial charge in [0.1, 0.15) is 140 Å². The molecule has 71 heavy (non-hydrogen) atoms. The molecule has 6 aliphatic rings. The normalized spacial score (nSPS) is 49.8. The molecule has 0 aliphatic carbocycles. The van der Waals surface area contributed by atoms with Crippen molar-refractivity contribution in [1.29, 1.82) is 0 Å². The van der Waals surface area contributed by atoms with Gasteiger partial charge >= 0.3 is 0 Å². The van der Waals surface area contributed by atoms with Crippen molar-refractivity contribution in [1.82, 2.24) is 10.6 Å². The number of aliphatic hydroxyl groups excluding tert-OH is 17. The maximum absolute atomic E-state index is 12.7. The second-order valence-corrected chi connectivity index (χ2v) is 17.8. The molecule has 2 amide bonds. The summed E-state index contributed by atoms with van der Waals surface area (Å²) >= 11 is 0. The second-order valence-electron chi connectivity index (χ2n) is 17.8. The van der Waals surface area contributed by atoms with Gasteiger partial charge in [-0.3, -0.25) is 9.59 Å². The summed E-state index contributed by atoms with van der Waals surface area (Å²) in [4.78, 5) is 24.6. The van der Waals surface area contributed by atoms with Gasteiger partial charge in [0.25, 0.3) is 0 Å². The molecule has 6 fully saturated rings. The molecule has 0 aromatic carbocycles. The summed E-state index contributed by atoms with van der Waals surface area (Å²) in [5.74, 6) is -1.57. The summed E-state index contributed by atoms with van der Waals surface area (Å²) in [6, 6.07) is -3.33. The third-order valence-electron chi connectivity index (χ3n) is 12.8. The molecule has 6 aliphatic heterocycles. The van der Waals surface area contributed by atoms with Gasteiger partial charge in [-0.25, -0.2) is 0 Å². The summed E-state index contributed by atoms with van der Waals surface area (Å²) in [6.07, 6.45) is -51.8. The van der Waals surface area contributed by atoms with Crippen LogP contribution in [0, 0.1) is 0 Å². The highest BCUT2D eigenvalue weighted by Gasteiger charge is 2.58. The molecule has 0 aromatic heterocycles. The van der Waals surface area contributed by atoms with Crippen LogP contribution in [0.25, 0.3) is 0 Å². The molecule has 19 N–H and O–H groups in total. The molecule has 29 atom stereocenters. The largest absolute Gasteiger partial charge is 0.394 e. The number of aliphatic hydroxyl groups is 17. The minimum Gasteiger partial charge on any atom is -0.394 e. The Labute approximate surface area is 402 Å². The molecule has 32 heteroatoms. The third-order valence-corrected chi connectivity index (χ3v) is 12.8. The number of hydrogen-bond donors (Lipinski definition) is 19. The van der Waals surface area contributed by atoms with E-state index in [-0.39, 0.29) is 0 Å². The van der Waals surface area contributed by atoms with Crippen LogP contribution in [0.1, 0.15) is 13.8 Å². The number of amides is 2.